The van der Waals surface area contributed by atoms with Gasteiger partial charge >= 0.3 is 0 Å². The van der Waals surface area contributed by atoms with E-state index in [0.29, 0.717) is 12.0 Å². The molecule has 0 radical (unpaired) electrons. The van der Waals surface area contributed by atoms with Crippen LogP contribution in [0.2, 0.25) is 0 Å². The zero-order valence-electron chi connectivity index (χ0n) is 20.1. The van der Waals surface area contributed by atoms with Gasteiger partial charge in [-0.3, -0.25) is 0 Å². The molecule has 1 heterocycles. The van der Waals surface area contributed by atoms with Crippen LogP contribution in [0, 0.1) is 17.3 Å². The quantitative estimate of drug-likeness (QED) is 0.664. The van der Waals surface area contributed by atoms with E-state index in [0.717, 1.165) is 36.5 Å². The first-order valence-corrected chi connectivity index (χ1v) is 12.6. The largest absolute Gasteiger partial charge is 0.385 e. The summed E-state index contributed by atoms with van der Waals surface area (Å²) in [6.07, 6.45) is 18.4. The molecule has 4 heteroatoms. The van der Waals surface area contributed by atoms with Crippen LogP contribution in [0.25, 0.3) is 16.3 Å². The highest BCUT2D eigenvalue weighted by Crippen LogP contribution is 2.61. The van der Waals surface area contributed by atoms with E-state index < -0.39 is 5.60 Å². The highest BCUT2D eigenvalue weighted by atomic mass is 16.3. The smallest absolute Gasteiger partial charge is 0.0933 e. The summed E-state index contributed by atoms with van der Waals surface area (Å²) in [6.45, 7) is 2.38. The Bertz CT molecular complexity index is 1190. The van der Waals surface area contributed by atoms with E-state index in [-0.39, 0.29) is 11.3 Å². The Hall–Kier alpha value is -2.30. The van der Waals surface area contributed by atoms with Gasteiger partial charge in [0, 0.05) is 28.1 Å². The first-order valence-electron chi connectivity index (χ1n) is 12.6. The van der Waals surface area contributed by atoms with E-state index in [1.54, 1.807) is 5.57 Å². The molecule has 5 atom stereocenters. The van der Waals surface area contributed by atoms with Crippen molar-refractivity contribution in [2.24, 2.45) is 17.3 Å². The third-order valence-electron chi connectivity index (χ3n) is 9.41. The molecule has 4 aliphatic carbocycles. The van der Waals surface area contributed by atoms with Crippen LogP contribution in [0.4, 0.5) is 0 Å². The van der Waals surface area contributed by atoms with Crippen molar-refractivity contribution in [2.45, 2.75) is 63.5 Å². The highest BCUT2D eigenvalue weighted by molar-refractivity contribution is 5.86. The normalized spacial score (nSPS) is 35.8. The summed E-state index contributed by atoms with van der Waals surface area (Å²) in [5, 5.41) is 22.6. The van der Waals surface area contributed by atoms with Crippen LogP contribution in [-0.2, 0) is 0 Å². The molecule has 4 unspecified atom stereocenters. The Kier molecular flexibility index (Phi) is 4.90. The molecular formula is C29H35N3O. The van der Waals surface area contributed by atoms with E-state index in [1.807, 2.05) is 12.4 Å². The molecule has 0 amide bonds. The molecule has 2 aromatic rings. The van der Waals surface area contributed by atoms with Crippen LogP contribution < -0.4 is 0 Å². The third kappa shape index (κ3) is 3.25. The summed E-state index contributed by atoms with van der Waals surface area (Å²) in [4.78, 5) is 2.39. The predicted octanol–water partition coefficient (Wildman–Crippen LogP) is 5.55. The molecule has 1 aromatic heterocycles. The minimum atomic E-state index is -0.731. The second kappa shape index (κ2) is 7.61. The first-order chi connectivity index (χ1) is 15.9. The zero-order valence-corrected chi connectivity index (χ0v) is 20.1. The van der Waals surface area contributed by atoms with Crippen molar-refractivity contribution in [3.8, 4) is 0 Å². The second-order valence-electron chi connectivity index (χ2n) is 11.3. The lowest BCUT2D eigenvalue weighted by Gasteiger charge is -2.48. The lowest BCUT2D eigenvalue weighted by molar-refractivity contribution is -0.0331. The van der Waals surface area contributed by atoms with Gasteiger partial charge in [0.25, 0.3) is 0 Å². The van der Waals surface area contributed by atoms with Crippen LogP contribution in [0.3, 0.4) is 0 Å². The molecule has 6 rings (SSSR count). The summed E-state index contributed by atoms with van der Waals surface area (Å²) in [5.41, 5.74) is 4.65. The number of hydrogen-bond donors (Lipinski definition) is 1. The van der Waals surface area contributed by atoms with Gasteiger partial charge in [-0.1, -0.05) is 42.9 Å². The van der Waals surface area contributed by atoms with Crippen molar-refractivity contribution in [1.29, 1.82) is 0 Å². The fraction of sp³-hybridized carbons (Fsp3) is 0.517. The molecule has 0 spiro atoms. The monoisotopic (exact) mass is 441 g/mol. The topological polar surface area (TPSA) is 49.2 Å². The molecule has 4 aliphatic rings. The Labute approximate surface area is 197 Å². The number of nitrogens with zero attached hydrogens (tertiary/aromatic N) is 3. The van der Waals surface area contributed by atoms with Crippen molar-refractivity contribution < 1.29 is 5.11 Å². The number of benzene rings is 1. The Balaban J connectivity index is 1.33. The van der Waals surface area contributed by atoms with E-state index in [9.17, 15) is 5.11 Å². The van der Waals surface area contributed by atoms with Crippen LogP contribution >= 0.6 is 0 Å². The predicted molar refractivity (Wildman–Crippen MR) is 134 cm³/mol. The van der Waals surface area contributed by atoms with Gasteiger partial charge in [-0.05, 0) is 87.7 Å². The highest BCUT2D eigenvalue weighted by Gasteiger charge is 2.55. The minimum Gasteiger partial charge on any atom is -0.385 e. The molecule has 4 nitrogen and oxygen atoms in total. The maximum absolute atomic E-state index is 12.3. The molecule has 33 heavy (non-hydrogen) atoms. The molecule has 1 N–H and O–H groups in total. The zero-order chi connectivity index (χ0) is 22.8. The van der Waals surface area contributed by atoms with Crippen molar-refractivity contribution >= 4 is 16.3 Å². The van der Waals surface area contributed by atoms with Crippen molar-refractivity contribution in [3.63, 3.8) is 0 Å². The first kappa shape index (κ1) is 21.2. The van der Waals surface area contributed by atoms with Gasteiger partial charge in [0.05, 0.1) is 18.0 Å². The molecular weight excluding hydrogens is 406 g/mol. The molecule has 1 aromatic carbocycles. The number of aliphatic hydroxyl groups is 1. The lowest BCUT2D eigenvalue weighted by Crippen LogP contribution is -2.48. The second-order valence-corrected chi connectivity index (χ2v) is 11.3. The van der Waals surface area contributed by atoms with Gasteiger partial charge in [0.2, 0.25) is 0 Å². The number of aromatic nitrogens is 2. The average Bonchev–Trinajstić information content (AvgIpc) is 3.10. The summed E-state index contributed by atoms with van der Waals surface area (Å²) in [5.74, 6) is 0.844. The summed E-state index contributed by atoms with van der Waals surface area (Å²) in [6, 6.07) is 7.28. The third-order valence-corrected chi connectivity index (χ3v) is 9.41. The average molecular weight is 442 g/mol. The fourth-order valence-electron chi connectivity index (χ4n) is 7.39. The summed E-state index contributed by atoms with van der Waals surface area (Å²) in [7, 11) is 4.42. The van der Waals surface area contributed by atoms with Crippen molar-refractivity contribution in [1.82, 2.24) is 15.1 Å². The van der Waals surface area contributed by atoms with Crippen molar-refractivity contribution in [3.05, 3.63) is 65.5 Å². The maximum atomic E-state index is 12.3. The Morgan fingerprint density at radius 1 is 1.06 bits per heavy atom. The van der Waals surface area contributed by atoms with E-state index in [1.165, 1.54) is 36.0 Å². The molecule has 0 aliphatic heterocycles. The van der Waals surface area contributed by atoms with E-state index in [2.05, 4.69) is 72.5 Å². The van der Waals surface area contributed by atoms with Crippen LogP contribution in [0.15, 0.2) is 60.0 Å². The number of rotatable bonds is 2. The molecule has 0 saturated heterocycles. The van der Waals surface area contributed by atoms with Crippen molar-refractivity contribution in [2.75, 3.05) is 14.1 Å². The van der Waals surface area contributed by atoms with E-state index >= 15 is 0 Å². The molecule has 0 bridgehead atoms. The van der Waals surface area contributed by atoms with Crippen LogP contribution in [0.5, 0.6) is 0 Å². The molecule has 172 valence electrons. The van der Waals surface area contributed by atoms with Gasteiger partial charge in [0.15, 0.2) is 0 Å². The van der Waals surface area contributed by atoms with Gasteiger partial charge in [-0.2, -0.15) is 10.2 Å². The maximum Gasteiger partial charge on any atom is 0.0933 e. The van der Waals surface area contributed by atoms with Gasteiger partial charge in [-0.25, -0.2) is 0 Å². The SMILES string of the molecule is CN(C)C1CCC2=CC3=CCC4(C)C(c5ccc6cnncc6c5)=CCC4[C@@]3(O)CCC2C1. The number of fused-ring (bicyclic) bond motifs is 5. The number of hydrogen-bond acceptors (Lipinski definition) is 4. The van der Waals surface area contributed by atoms with Crippen LogP contribution in [-0.4, -0.2) is 45.9 Å². The van der Waals surface area contributed by atoms with Crippen LogP contribution in [0.1, 0.15) is 57.4 Å². The number of allylic oxidation sites excluding steroid dienone is 4. The Morgan fingerprint density at radius 3 is 2.70 bits per heavy atom. The lowest BCUT2D eigenvalue weighted by atomic mass is 9.58. The fourth-order valence-corrected chi connectivity index (χ4v) is 7.39. The molecule has 1 fully saturated rings. The minimum absolute atomic E-state index is 0.0490. The van der Waals surface area contributed by atoms with Gasteiger partial charge < -0.3 is 10.0 Å². The Morgan fingerprint density at radius 2 is 1.88 bits per heavy atom. The standard InChI is InChI=1S/C29H35N3O/c1-28-12-11-24-15-19-6-7-25(32(2)3)16-20(19)10-13-29(24,33)27(28)9-8-26(28)21-4-5-22-17-30-31-18-23(22)14-21/h4-5,8,11,14-15,17-18,20,25,27,33H,6-7,9-10,12-13,16H2,1-3H3/t20?,25?,27?,28?,29-/m1/s1. The molecule has 1 saturated carbocycles. The summed E-state index contributed by atoms with van der Waals surface area (Å²) >= 11 is 0. The summed E-state index contributed by atoms with van der Waals surface area (Å²) < 4.78 is 0. The van der Waals surface area contributed by atoms with E-state index in [4.69, 9.17) is 0 Å². The van der Waals surface area contributed by atoms with Gasteiger partial charge in [-0.15, -0.1) is 0 Å². The van der Waals surface area contributed by atoms with Gasteiger partial charge in [0.1, 0.15) is 0 Å².